The van der Waals surface area contributed by atoms with E-state index in [-0.39, 0.29) is 16.7 Å². The molecule has 0 aliphatic rings. The van der Waals surface area contributed by atoms with Crippen molar-refractivity contribution in [1.29, 1.82) is 0 Å². The summed E-state index contributed by atoms with van der Waals surface area (Å²) in [5.74, 6) is 1.20. The fourth-order valence-corrected chi connectivity index (χ4v) is 3.95. The van der Waals surface area contributed by atoms with E-state index in [1.165, 1.54) is 0 Å². The van der Waals surface area contributed by atoms with E-state index < -0.39 is 4.92 Å². The van der Waals surface area contributed by atoms with Crippen molar-refractivity contribution in [2.75, 3.05) is 31.0 Å². The van der Waals surface area contributed by atoms with Gasteiger partial charge in [0.05, 0.1) is 24.8 Å². The standard InChI is InChI=1S/C25H25N5O5/c1-4-13-29(16-18-11-8-12-21(33-2)25(18)34-3)20-14-19(26-15-17-9-6-5-7-10-17)24(30(31)32)23-22(20)27-35-28-23/h4-12,14,26H,1,13,15-16H2,2-3H3. The topological polar surface area (TPSA) is 116 Å². The molecule has 0 radical (unpaired) electrons. The molecule has 0 amide bonds. The van der Waals surface area contributed by atoms with Gasteiger partial charge in [-0.2, -0.15) is 0 Å². The molecule has 1 aromatic heterocycles. The molecule has 0 spiro atoms. The van der Waals surface area contributed by atoms with Crippen LogP contribution in [-0.2, 0) is 13.1 Å². The minimum absolute atomic E-state index is 0.0646. The number of hydrogen-bond acceptors (Lipinski definition) is 9. The van der Waals surface area contributed by atoms with Crippen molar-refractivity contribution >= 4 is 28.1 Å². The first-order valence-electron chi connectivity index (χ1n) is 10.8. The maximum Gasteiger partial charge on any atom is 0.323 e. The predicted molar refractivity (Wildman–Crippen MR) is 133 cm³/mol. The maximum absolute atomic E-state index is 12.0. The second-order valence-electron chi connectivity index (χ2n) is 7.67. The number of nitrogens with zero attached hydrogens (tertiary/aromatic N) is 4. The van der Waals surface area contributed by atoms with Gasteiger partial charge in [0.2, 0.25) is 5.52 Å². The molecule has 0 unspecified atom stereocenters. The maximum atomic E-state index is 12.0. The lowest BCUT2D eigenvalue weighted by atomic mass is 10.1. The summed E-state index contributed by atoms with van der Waals surface area (Å²) in [5, 5.41) is 23.0. The average molecular weight is 476 g/mol. The number of ether oxygens (including phenoxy) is 2. The van der Waals surface area contributed by atoms with Gasteiger partial charge in [0.15, 0.2) is 17.0 Å². The molecule has 0 fully saturated rings. The van der Waals surface area contributed by atoms with Crippen LogP contribution in [0.3, 0.4) is 0 Å². The van der Waals surface area contributed by atoms with E-state index in [2.05, 4.69) is 22.2 Å². The normalized spacial score (nSPS) is 10.7. The number of rotatable bonds is 11. The molecular weight excluding hydrogens is 450 g/mol. The van der Waals surface area contributed by atoms with Crippen LogP contribution in [0.1, 0.15) is 11.1 Å². The molecule has 10 nitrogen and oxygen atoms in total. The van der Waals surface area contributed by atoms with E-state index >= 15 is 0 Å². The molecule has 1 N–H and O–H groups in total. The third kappa shape index (κ3) is 4.86. The Morgan fingerprint density at radius 2 is 1.89 bits per heavy atom. The number of fused-ring (bicyclic) bond motifs is 1. The van der Waals surface area contributed by atoms with E-state index in [4.69, 9.17) is 14.1 Å². The third-order valence-electron chi connectivity index (χ3n) is 5.54. The predicted octanol–water partition coefficient (Wildman–Crippen LogP) is 4.95. The fraction of sp³-hybridized carbons (Fsp3) is 0.200. The average Bonchev–Trinajstić information content (AvgIpc) is 3.36. The summed E-state index contributed by atoms with van der Waals surface area (Å²) in [6.45, 7) is 5.09. The van der Waals surface area contributed by atoms with E-state index in [1.807, 2.05) is 53.4 Å². The highest BCUT2D eigenvalue weighted by atomic mass is 16.6. The van der Waals surface area contributed by atoms with Gasteiger partial charge in [-0.3, -0.25) is 10.1 Å². The summed E-state index contributed by atoms with van der Waals surface area (Å²) >= 11 is 0. The largest absolute Gasteiger partial charge is 0.493 e. The third-order valence-corrected chi connectivity index (χ3v) is 5.54. The zero-order valence-electron chi connectivity index (χ0n) is 19.4. The Bertz CT molecular complexity index is 1340. The molecule has 3 aromatic carbocycles. The molecule has 0 atom stereocenters. The summed E-state index contributed by atoms with van der Waals surface area (Å²) in [7, 11) is 3.16. The van der Waals surface area contributed by atoms with Crippen molar-refractivity contribution in [3.63, 3.8) is 0 Å². The first-order valence-corrected chi connectivity index (χ1v) is 10.8. The molecule has 4 aromatic rings. The first-order chi connectivity index (χ1) is 17.1. The molecule has 10 heteroatoms. The minimum Gasteiger partial charge on any atom is -0.493 e. The number of anilines is 2. The molecule has 180 valence electrons. The highest BCUT2D eigenvalue weighted by Gasteiger charge is 2.28. The molecule has 1 heterocycles. The number of aromatic nitrogens is 2. The van der Waals surface area contributed by atoms with Gasteiger partial charge in [0, 0.05) is 25.2 Å². The van der Waals surface area contributed by atoms with Crippen LogP contribution in [0.5, 0.6) is 11.5 Å². The van der Waals surface area contributed by atoms with E-state index in [1.54, 1.807) is 26.4 Å². The summed E-state index contributed by atoms with van der Waals surface area (Å²) in [6.07, 6.45) is 1.74. The lowest BCUT2D eigenvalue weighted by Crippen LogP contribution is -2.23. The van der Waals surface area contributed by atoms with Crippen LogP contribution in [0, 0.1) is 10.1 Å². The zero-order chi connectivity index (χ0) is 24.8. The van der Waals surface area contributed by atoms with Crippen molar-refractivity contribution in [1.82, 2.24) is 10.3 Å². The SMILES string of the molecule is C=CCN(Cc1cccc(OC)c1OC)c1cc(NCc2ccccc2)c([N+](=O)[O-])c2nonc12. The smallest absolute Gasteiger partial charge is 0.323 e. The van der Waals surface area contributed by atoms with Crippen LogP contribution < -0.4 is 19.7 Å². The number of nitrogens with one attached hydrogen (secondary N) is 1. The number of methoxy groups -OCH3 is 2. The molecule has 0 saturated heterocycles. The molecule has 0 aliphatic carbocycles. The van der Waals surface area contributed by atoms with Gasteiger partial charge in [-0.1, -0.05) is 48.5 Å². The number of nitro benzene ring substituents is 1. The highest BCUT2D eigenvalue weighted by molar-refractivity contribution is 5.99. The molecule has 35 heavy (non-hydrogen) atoms. The van der Waals surface area contributed by atoms with Crippen molar-refractivity contribution in [2.45, 2.75) is 13.1 Å². The second kappa shape index (κ2) is 10.6. The molecule has 0 aliphatic heterocycles. The number of benzene rings is 3. The Hall–Kier alpha value is -4.60. The van der Waals surface area contributed by atoms with E-state index in [9.17, 15) is 10.1 Å². The monoisotopic (exact) mass is 475 g/mol. The Morgan fingerprint density at radius 1 is 1.11 bits per heavy atom. The quantitative estimate of drug-likeness (QED) is 0.183. The van der Waals surface area contributed by atoms with E-state index in [0.717, 1.165) is 11.1 Å². The number of nitro groups is 1. The lowest BCUT2D eigenvalue weighted by molar-refractivity contribution is -0.382. The highest BCUT2D eigenvalue weighted by Crippen LogP contribution is 2.40. The van der Waals surface area contributed by atoms with E-state index in [0.29, 0.717) is 42.5 Å². The van der Waals surface area contributed by atoms with Gasteiger partial charge in [-0.15, -0.1) is 6.58 Å². The minimum atomic E-state index is -0.480. The molecule has 0 saturated carbocycles. The van der Waals surface area contributed by atoms with Gasteiger partial charge >= 0.3 is 5.69 Å². The van der Waals surface area contributed by atoms with Crippen molar-refractivity contribution in [2.24, 2.45) is 0 Å². The van der Waals surface area contributed by atoms with Gasteiger partial charge in [0.1, 0.15) is 5.69 Å². The van der Waals surface area contributed by atoms with Crippen LogP contribution in [0.2, 0.25) is 0 Å². The lowest BCUT2D eigenvalue weighted by Gasteiger charge is -2.25. The van der Waals surface area contributed by atoms with Gasteiger partial charge in [-0.05, 0) is 28.0 Å². The zero-order valence-corrected chi connectivity index (χ0v) is 19.4. The fourth-order valence-electron chi connectivity index (χ4n) is 3.95. The molecule has 0 bridgehead atoms. The number of hydrogen-bond donors (Lipinski definition) is 1. The van der Waals surface area contributed by atoms with Gasteiger partial charge in [0.25, 0.3) is 0 Å². The van der Waals surface area contributed by atoms with Crippen LogP contribution in [0.4, 0.5) is 17.1 Å². The van der Waals surface area contributed by atoms with Crippen LogP contribution in [0.15, 0.2) is 71.9 Å². The summed E-state index contributed by atoms with van der Waals surface area (Å²) in [6, 6.07) is 16.9. The van der Waals surface area contributed by atoms with Crippen LogP contribution in [0.25, 0.3) is 11.0 Å². The summed E-state index contributed by atoms with van der Waals surface area (Å²) in [4.78, 5) is 13.5. The Kier molecular flexibility index (Phi) is 7.10. The van der Waals surface area contributed by atoms with Crippen LogP contribution in [-0.4, -0.2) is 36.0 Å². The van der Waals surface area contributed by atoms with Crippen molar-refractivity contribution < 1.29 is 19.0 Å². The summed E-state index contributed by atoms with van der Waals surface area (Å²) in [5.41, 5.74) is 2.90. The molecular formula is C25H25N5O5. The van der Waals surface area contributed by atoms with Gasteiger partial charge < -0.3 is 19.7 Å². The second-order valence-corrected chi connectivity index (χ2v) is 7.67. The Morgan fingerprint density at radius 3 is 2.57 bits per heavy atom. The van der Waals surface area contributed by atoms with Crippen molar-refractivity contribution in [3.8, 4) is 11.5 Å². The van der Waals surface area contributed by atoms with Crippen molar-refractivity contribution in [3.05, 3.63) is 88.5 Å². The van der Waals surface area contributed by atoms with Crippen LogP contribution >= 0.6 is 0 Å². The molecule has 4 rings (SSSR count). The van der Waals surface area contributed by atoms with Gasteiger partial charge in [-0.25, -0.2) is 4.63 Å². The number of para-hydroxylation sites is 1. The Labute approximate surface area is 201 Å². The first kappa shape index (κ1) is 23.6. The summed E-state index contributed by atoms with van der Waals surface area (Å²) < 4.78 is 16.0. The Balaban J connectivity index is 1.80.